The van der Waals surface area contributed by atoms with Crippen molar-refractivity contribution in [3.05, 3.63) is 59.2 Å². The molecule has 2 amide bonds. The van der Waals surface area contributed by atoms with Gasteiger partial charge in [0.15, 0.2) is 0 Å². The number of carboxylic acids is 1. The molecule has 0 aliphatic carbocycles. The van der Waals surface area contributed by atoms with E-state index in [1.807, 2.05) is 13.0 Å². The smallest absolute Gasteiger partial charge is 0.410 e. The number of fused-ring (bicyclic) bond motifs is 1. The van der Waals surface area contributed by atoms with E-state index >= 15 is 0 Å². The quantitative estimate of drug-likeness (QED) is 0.471. The third-order valence-corrected chi connectivity index (χ3v) is 5.94. The number of rotatable bonds is 10. The normalized spacial score (nSPS) is 13.6. The van der Waals surface area contributed by atoms with E-state index < -0.39 is 29.3 Å². The van der Waals surface area contributed by atoms with Crippen molar-refractivity contribution in [3.63, 3.8) is 0 Å². The monoisotopic (exact) mass is 532 g/mol. The van der Waals surface area contributed by atoms with Crippen LogP contribution in [0, 0.1) is 17.6 Å². The number of carboxylic acid groups (broad SMARTS) is 1. The first-order chi connectivity index (χ1) is 17.8. The van der Waals surface area contributed by atoms with E-state index in [4.69, 9.17) is 14.6 Å². The van der Waals surface area contributed by atoms with Crippen molar-refractivity contribution in [2.75, 3.05) is 31.1 Å². The number of hydrogen-bond acceptors (Lipinski definition) is 5. The number of hydrogen-bond donors (Lipinski definition) is 1. The Kier molecular flexibility index (Phi) is 9.30. The predicted octanol–water partition coefficient (Wildman–Crippen LogP) is 4.82. The summed E-state index contributed by atoms with van der Waals surface area (Å²) in [4.78, 5) is 39.4. The molecule has 1 aliphatic rings. The molecule has 1 aliphatic heterocycles. The van der Waals surface area contributed by atoms with Crippen LogP contribution in [-0.4, -0.2) is 59.8 Å². The SMILES string of the molecule is CC(COc1ccc2c(c1)CCN2C(=O)CN(CCC(=O)O)C(=O)OC(C)(C)C)Cc1ccc(F)cc1F. The molecule has 0 saturated carbocycles. The number of anilines is 1. The molecular formula is C28H34F2N2O6. The maximum atomic E-state index is 13.9. The number of amides is 2. The molecule has 2 aromatic rings. The van der Waals surface area contributed by atoms with Crippen LogP contribution in [-0.2, 0) is 27.2 Å². The van der Waals surface area contributed by atoms with E-state index in [2.05, 4.69) is 0 Å². The Labute approximate surface area is 221 Å². The fourth-order valence-corrected chi connectivity index (χ4v) is 4.13. The van der Waals surface area contributed by atoms with Crippen molar-refractivity contribution in [2.24, 2.45) is 5.92 Å². The number of nitrogens with zero attached hydrogens (tertiary/aromatic N) is 2. The molecule has 1 N–H and O–H groups in total. The van der Waals surface area contributed by atoms with Gasteiger partial charge in [0.05, 0.1) is 13.0 Å². The number of benzene rings is 2. The van der Waals surface area contributed by atoms with Crippen molar-refractivity contribution in [3.8, 4) is 5.75 Å². The molecule has 1 unspecified atom stereocenters. The van der Waals surface area contributed by atoms with Crippen LogP contribution in [0.15, 0.2) is 36.4 Å². The first-order valence-electron chi connectivity index (χ1n) is 12.5. The van der Waals surface area contributed by atoms with Gasteiger partial charge in [-0.15, -0.1) is 0 Å². The van der Waals surface area contributed by atoms with Crippen LogP contribution in [0.3, 0.4) is 0 Å². The van der Waals surface area contributed by atoms with Crippen LogP contribution in [0.1, 0.15) is 45.2 Å². The highest BCUT2D eigenvalue weighted by atomic mass is 19.1. The molecule has 0 saturated heterocycles. The standard InChI is InChI=1S/C28H34F2N2O6/c1-18(13-19-5-6-21(29)15-23(19)30)17-37-22-7-8-24-20(14-22)9-12-32(24)25(33)16-31(11-10-26(34)35)27(36)38-28(2,3)4/h5-8,14-15,18H,9-13,16-17H2,1-4H3,(H,34,35). The average Bonchev–Trinajstić information content (AvgIpc) is 3.24. The number of carbonyl (C=O) groups is 3. The molecule has 0 spiro atoms. The van der Waals surface area contributed by atoms with Crippen LogP contribution in [0.5, 0.6) is 5.75 Å². The van der Waals surface area contributed by atoms with Gasteiger partial charge >= 0.3 is 12.1 Å². The van der Waals surface area contributed by atoms with Crippen LogP contribution >= 0.6 is 0 Å². The minimum Gasteiger partial charge on any atom is -0.493 e. The maximum Gasteiger partial charge on any atom is 0.410 e. The van der Waals surface area contributed by atoms with Gasteiger partial charge in [0.1, 0.15) is 29.5 Å². The molecule has 10 heteroatoms. The lowest BCUT2D eigenvalue weighted by Crippen LogP contribution is -2.45. The summed E-state index contributed by atoms with van der Waals surface area (Å²) in [5.41, 5.74) is 1.24. The molecule has 0 aromatic heterocycles. The van der Waals surface area contributed by atoms with Crippen LogP contribution in [0.4, 0.5) is 19.3 Å². The number of aliphatic carboxylic acids is 1. The average molecular weight is 533 g/mol. The summed E-state index contributed by atoms with van der Waals surface area (Å²) >= 11 is 0. The Morgan fingerprint density at radius 2 is 1.87 bits per heavy atom. The Hall–Kier alpha value is -3.69. The third kappa shape index (κ3) is 8.16. The van der Waals surface area contributed by atoms with E-state index in [1.54, 1.807) is 37.8 Å². The second-order valence-corrected chi connectivity index (χ2v) is 10.5. The fraction of sp³-hybridized carbons (Fsp3) is 0.464. The lowest BCUT2D eigenvalue weighted by Gasteiger charge is -2.28. The number of halogens is 2. The molecular weight excluding hydrogens is 498 g/mol. The number of ether oxygens (including phenoxy) is 2. The van der Waals surface area contributed by atoms with Gasteiger partial charge in [0, 0.05) is 24.8 Å². The van der Waals surface area contributed by atoms with Crippen LogP contribution in [0.25, 0.3) is 0 Å². The summed E-state index contributed by atoms with van der Waals surface area (Å²) in [5, 5.41) is 9.04. The van der Waals surface area contributed by atoms with Gasteiger partial charge in [0.25, 0.3) is 0 Å². The van der Waals surface area contributed by atoms with Crippen LogP contribution in [0.2, 0.25) is 0 Å². The van der Waals surface area contributed by atoms with Gasteiger partial charge in [-0.2, -0.15) is 0 Å². The lowest BCUT2D eigenvalue weighted by molar-refractivity contribution is -0.137. The predicted molar refractivity (Wildman–Crippen MR) is 137 cm³/mol. The van der Waals surface area contributed by atoms with E-state index in [0.29, 0.717) is 43.0 Å². The first-order valence-corrected chi connectivity index (χ1v) is 12.5. The lowest BCUT2D eigenvalue weighted by atomic mass is 10.0. The summed E-state index contributed by atoms with van der Waals surface area (Å²) in [5.74, 6) is -2.02. The minimum absolute atomic E-state index is 0.0223. The minimum atomic E-state index is -1.08. The molecule has 8 nitrogen and oxygen atoms in total. The molecule has 206 valence electrons. The molecule has 1 atom stereocenters. The Morgan fingerprint density at radius 3 is 2.53 bits per heavy atom. The third-order valence-electron chi connectivity index (χ3n) is 5.94. The molecule has 0 radical (unpaired) electrons. The first kappa shape index (κ1) is 28.9. The Bertz CT molecular complexity index is 1180. The van der Waals surface area contributed by atoms with E-state index in [1.165, 1.54) is 12.1 Å². The highest BCUT2D eigenvalue weighted by molar-refractivity contribution is 5.98. The van der Waals surface area contributed by atoms with Crippen LogP contribution < -0.4 is 9.64 Å². The zero-order valence-corrected chi connectivity index (χ0v) is 22.1. The van der Waals surface area contributed by atoms with Crippen molar-refractivity contribution in [2.45, 2.75) is 52.6 Å². The highest BCUT2D eigenvalue weighted by Gasteiger charge is 2.30. The van der Waals surface area contributed by atoms with Gasteiger partial charge < -0.3 is 19.5 Å². The van der Waals surface area contributed by atoms with E-state index in [0.717, 1.165) is 16.5 Å². The molecule has 1 heterocycles. The van der Waals surface area contributed by atoms with Crippen molar-refractivity contribution < 1.29 is 37.7 Å². The van der Waals surface area contributed by atoms with Crippen molar-refractivity contribution in [1.29, 1.82) is 0 Å². The van der Waals surface area contributed by atoms with Gasteiger partial charge in [-0.05, 0) is 74.9 Å². The van der Waals surface area contributed by atoms with Crippen molar-refractivity contribution in [1.82, 2.24) is 4.90 Å². The molecule has 2 aromatic carbocycles. The van der Waals surface area contributed by atoms with Gasteiger partial charge in [-0.3, -0.25) is 14.5 Å². The van der Waals surface area contributed by atoms with Gasteiger partial charge in [-0.1, -0.05) is 13.0 Å². The summed E-state index contributed by atoms with van der Waals surface area (Å²) in [6, 6.07) is 8.91. The number of carbonyl (C=O) groups excluding carboxylic acids is 2. The molecule has 38 heavy (non-hydrogen) atoms. The summed E-state index contributed by atoms with van der Waals surface area (Å²) < 4.78 is 38.3. The Balaban J connectivity index is 1.61. The zero-order valence-electron chi connectivity index (χ0n) is 22.1. The largest absolute Gasteiger partial charge is 0.493 e. The fourth-order valence-electron chi connectivity index (χ4n) is 4.13. The Morgan fingerprint density at radius 1 is 1.13 bits per heavy atom. The highest BCUT2D eigenvalue weighted by Crippen LogP contribution is 2.32. The summed E-state index contributed by atoms with van der Waals surface area (Å²) in [6.07, 6.45) is -0.0633. The second kappa shape index (κ2) is 12.2. The second-order valence-electron chi connectivity index (χ2n) is 10.5. The molecule has 3 rings (SSSR count). The zero-order chi connectivity index (χ0) is 28.0. The summed E-state index contributed by atoms with van der Waals surface area (Å²) in [6.45, 7) is 7.28. The molecule has 0 bridgehead atoms. The van der Waals surface area contributed by atoms with E-state index in [-0.39, 0.29) is 31.3 Å². The van der Waals surface area contributed by atoms with Gasteiger partial charge in [-0.25, -0.2) is 13.6 Å². The van der Waals surface area contributed by atoms with Crippen molar-refractivity contribution >= 4 is 23.7 Å². The molecule has 0 fully saturated rings. The summed E-state index contributed by atoms with van der Waals surface area (Å²) in [7, 11) is 0. The maximum absolute atomic E-state index is 13.9. The topological polar surface area (TPSA) is 96.4 Å². The van der Waals surface area contributed by atoms with E-state index in [9.17, 15) is 23.2 Å². The van der Waals surface area contributed by atoms with Gasteiger partial charge in [0.2, 0.25) is 5.91 Å².